The van der Waals surface area contributed by atoms with Gasteiger partial charge in [-0.15, -0.1) is 0 Å². The lowest BCUT2D eigenvalue weighted by Gasteiger charge is -2.16. The molecule has 1 N–H and O–H groups in total. The Labute approximate surface area is 170 Å². The monoisotopic (exact) mass is 411 g/mol. The highest BCUT2D eigenvalue weighted by Crippen LogP contribution is 2.30. The lowest BCUT2D eigenvalue weighted by Crippen LogP contribution is -2.30. The third-order valence-corrected chi connectivity index (χ3v) is 4.03. The van der Waals surface area contributed by atoms with E-state index >= 15 is 0 Å². The maximum atomic E-state index is 11.9. The van der Waals surface area contributed by atoms with Crippen LogP contribution in [0.15, 0.2) is 17.3 Å². The van der Waals surface area contributed by atoms with E-state index < -0.39 is 12.0 Å². The van der Waals surface area contributed by atoms with Gasteiger partial charge in [-0.2, -0.15) is 0 Å². The van der Waals surface area contributed by atoms with Crippen LogP contribution < -0.4 is 4.74 Å². The second-order valence-electron chi connectivity index (χ2n) is 6.17. The van der Waals surface area contributed by atoms with Crippen LogP contribution in [0.1, 0.15) is 12.6 Å². The van der Waals surface area contributed by atoms with E-state index in [-0.39, 0.29) is 30.4 Å². The molecule has 0 unspecified atom stereocenters. The van der Waals surface area contributed by atoms with Crippen molar-refractivity contribution in [3.8, 4) is 11.5 Å². The van der Waals surface area contributed by atoms with Crippen molar-refractivity contribution in [3.05, 3.63) is 18.0 Å². The largest absolute Gasteiger partial charge is 0.503 e. The summed E-state index contributed by atoms with van der Waals surface area (Å²) in [5.74, 6) is 0.149. The van der Waals surface area contributed by atoms with Crippen molar-refractivity contribution in [3.63, 3.8) is 0 Å². The van der Waals surface area contributed by atoms with E-state index in [0.717, 1.165) is 0 Å². The standard InChI is InChI=1S/C19H29N3O7/c1-4-28-19(24)14-13-22(2)18(21-14)16-17(23)15(5-6-20-16)29-12-11-27-10-9-26-8-7-25-3/h5-6,14,23H,4,7-13H2,1-3H3/t14-/m1/s1. The number of methoxy groups -OCH3 is 1. The predicted molar refractivity (Wildman–Crippen MR) is 104 cm³/mol. The van der Waals surface area contributed by atoms with Gasteiger partial charge in [0.25, 0.3) is 0 Å². The number of hydrogen-bond donors (Lipinski definition) is 1. The highest BCUT2D eigenvalue weighted by atomic mass is 16.6. The van der Waals surface area contributed by atoms with Crippen LogP contribution in [-0.4, -0.2) is 99.8 Å². The molecule has 2 heterocycles. The van der Waals surface area contributed by atoms with Crippen LogP contribution in [0.2, 0.25) is 0 Å². The number of hydrogen-bond acceptors (Lipinski definition) is 10. The summed E-state index contributed by atoms with van der Waals surface area (Å²) >= 11 is 0. The zero-order valence-electron chi connectivity index (χ0n) is 17.1. The summed E-state index contributed by atoms with van der Waals surface area (Å²) in [5, 5.41) is 10.5. The fraction of sp³-hybridized carbons (Fsp3) is 0.632. The van der Waals surface area contributed by atoms with Gasteiger partial charge < -0.3 is 33.7 Å². The highest BCUT2D eigenvalue weighted by Gasteiger charge is 2.32. The van der Waals surface area contributed by atoms with Crippen molar-refractivity contribution >= 4 is 11.8 Å². The molecule has 10 heteroatoms. The van der Waals surface area contributed by atoms with Crippen LogP contribution in [0.5, 0.6) is 11.5 Å². The van der Waals surface area contributed by atoms with Gasteiger partial charge in [0.1, 0.15) is 6.61 Å². The minimum atomic E-state index is -0.639. The number of aliphatic imine (C=N–C) groups is 1. The zero-order chi connectivity index (χ0) is 21.1. The molecule has 1 atom stereocenters. The van der Waals surface area contributed by atoms with Crippen molar-refractivity contribution in [1.82, 2.24) is 9.88 Å². The second kappa shape index (κ2) is 12.2. The van der Waals surface area contributed by atoms with Gasteiger partial charge in [0.15, 0.2) is 29.1 Å². The molecular formula is C19H29N3O7. The summed E-state index contributed by atoms with van der Waals surface area (Å²) in [6, 6.07) is 0.922. The third kappa shape index (κ3) is 6.84. The number of aromatic hydroxyl groups is 1. The number of ether oxygens (including phenoxy) is 5. The van der Waals surface area contributed by atoms with Gasteiger partial charge >= 0.3 is 5.97 Å². The number of carbonyl (C=O) groups is 1. The zero-order valence-corrected chi connectivity index (χ0v) is 17.1. The van der Waals surface area contributed by atoms with E-state index in [0.29, 0.717) is 45.4 Å². The molecule has 0 saturated carbocycles. The molecule has 162 valence electrons. The van der Waals surface area contributed by atoms with Gasteiger partial charge in [0, 0.05) is 26.4 Å². The average Bonchev–Trinajstić information content (AvgIpc) is 3.09. The third-order valence-electron chi connectivity index (χ3n) is 4.03. The topological polar surface area (TPSA) is 112 Å². The summed E-state index contributed by atoms with van der Waals surface area (Å²) in [6.07, 6.45) is 1.52. The number of nitrogens with zero attached hydrogens (tertiary/aromatic N) is 3. The van der Waals surface area contributed by atoms with E-state index in [1.165, 1.54) is 6.20 Å². The van der Waals surface area contributed by atoms with E-state index in [2.05, 4.69) is 9.98 Å². The van der Waals surface area contributed by atoms with E-state index in [1.54, 1.807) is 32.0 Å². The highest BCUT2D eigenvalue weighted by molar-refractivity contribution is 6.02. The first-order valence-electron chi connectivity index (χ1n) is 9.49. The number of rotatable bonds is 13. The fourth-order valence-corrected chi connectivity index (χ4v) is 2.63. The Morgan fingerprint density at radius 2 is 1.90 bits per heavy atom. The number of carbonyl (C=O) groups excluding carboxylic acids is 1. The molecule has 0 aromatic carbocycles. The van der Waals surface area contributed by atoms with Crippen molar-refractivity contribution in [2.45, 2.75) is 13.0 Å². The fourth-order valence-electron chi connectivity index (χ4n) is 2.63. The number of amidine groups is 1. The summed E-state index contributed by atoms with van der Waals surface area (Å²) < 4.78 is 26.2. The van der Waals surface area contributed by atoms with Crippen LogP contribution >= 0.6 is 0 Å². The number of esters is 1. The number of aromatic nitrogens is 1. The Morgan fingerprint density at radius 1 is 1.21 bits per heavy atom. The first-order valence-corrected chi connectivity index (χ1v) is 9.49. The van der Waals surface area contributed by atoms with Crippen LogP contribution in [0.4, 0.5) is 0 Å². The molecule has 10 nitrogen and oxygen atoms in total. The maximum Gasteiger partial charge on any atom is 0.332 e. The Bertz CT molecular complexity index is 684. The van der Waals surface area contributed by atoms with Gasteiger partial charge in [-0.1, -0.05) is 0 Å². The van der Waals surface area contributed by atoms with Crippen LogP contribution in [0, 0.1) is 0 Å². The molecule has 0 amide bonds. The minimum Gasteiger partial charge on any atom is -0.503 e. The van der Waals surface area contributed by atoms with Gasteiger partial charge in [0.2, 0.25) is 0 Å². The summed E-state index contributed by atoms with van der Waals surface area (Å²) in [4.78, 5) is 22.2. The molecule has 2 rings (SSSR count). The molecule has 1 aliphatic heterocycles. The molecule has 0 radical (unpaired) electrons. The Kier molecular flexibility index (Phi) is 9.62. The Morgan fingerprint density at radius 3 is 2.59 bits per heavy atom. The predicted octanol–water partition coefficient (Wildman–Crippen LogP) is 0.469. The van der Waals surface area contributed by atoms with Gasteiger partial charge in [-0.25, -0.2) is 14.8 Å². The Hall–Kier alpha value is -2.43. The molecule has 0 fully saturated rings. The summed E-state index contributed by atoms with van der Waals surface area (Å²) in [6.45, 7) is 4.98. The smallest absolute Gasteiger partial charge is 0.332 e. The quantitative estimate of drug-likeness (QED) is 0.366. The maximum absolute atomic E-state index is 11.9. The van der Waals surface area contributed by atoms with Crippen molar-refractivity contribution in [1.29, 1.82) is 0 Å². The molecule has 0 bridgehead atoms. The Balaban J connectivity index is 1.86. The second-order valence-corrected chi connectivity index (χ2v) is 6.17. The SMILES string of the molecule is CCOC(=O)[C@H]1CN(C)C(c2nccc(OCCOCCOCCOC)c2O)=N1. The first kappa shape index (κ1) is 22.9. The molecule has 0 spiro atoms. The molecule has 1 aromatic rings. The molecule has 0 aliphatic carbocycles. The number of pyridine rings is 1. The van der Waals surface area contributed by atoms with Crippen molar-refractivity contribution in [2.75, 3.05) is 67.0 Å². The molecule has 0 saturated heterocycles. The normalized spacial score (nSPS) is 16.0. The van der Waals surface area contributed by atoms with Crippen molar-refractivity contribution < 1.29 is 33.6 Å². The van der Waals surface area contributed by atoms with Gasteiger partial charge in [0.05, 0.1) is 46.2 Å². The van der Waals surface area contributed by atoms with E-state index in [9.17, 15) is 9.90 Å². The molecular weight excluding hydrogens is 382 g/mol. The van der Waals surface area contributed by atoms with E-state index in [4.69, 9.17) is 23.7 Å². The van der Waals surface area contributed by atoms with E-state index in [1.807, 2.05) is 0 Å². The van der Waals surface area contributed by atoms with Crippen LogP contribution in [0.3, 0.4) is 0 Å². The minimum absolute atomic E-state index is 0.134. The van der Waals surface area contributed by atoms with Gasteiger partial charge in [-0.05, 0) is 6.92 Å². The van der Waals surface area contributed by atoms with Gasteiger partial charge in [-0.3, -0.25) is 0 Å². The summed E-state index contributed by atoms with van der Waals surface area (Å²) in [5.41, 5.74) is 0.254. The van der Waals surface area contributed by atoms with Crippen molar-refractivity contribution in [2.24, 2.45) is 4.99 Å². The van der Waals surface area contributed by atoms with Crippen LogP contribution in [-0.2, 0) is 23.7 Å². The first-order chi connectivity index (χ1) is 14.1. The number of likely N-dealkylation sites (N-methyl/N-ethyl adjacent to an activating group) is 1. The lowest BCUT2D eigenvalue weighted by atomic mass is 10.2. The molecule has 1 aliphatic rings. The van der Waals surface area contributed by atoms with Crippen LogP contribution in [0.25, 0.3) is 0 Å². The average molecular weight is 411 g/mol. The lowest BCUT2D eigenvalue weighted by molar-refractivity contribution is -0.144. The summed E-state index contributed by atoms with van der Waals surface area (Å²) in [7, 11) is 3.39. The molecule has 29 heavy (non-hydrogen) atoms. The molecule has 1 aromatic heterocycles.